The maximum absolute atomic E-state index is 13.0. The molecule has 110 valence electrons. The van der Waals surface area contributed by atoms with E-state index in [4.69, 9.17) is 28.3 Å². The molecule has 0 saturated heterocycles. The first-order valence-corrected chi connectivity index (χ1v) is 6.42. The minimum atomic E-state index is -1.16. The van der Waals surface area contributed by atoms with Gasteiger partial charge in [0.25, 0.3) is 0 Å². The van der Waals surface area contributed by atoms with Crippen molar-refractivity contribution in [1.82, 2.24) is 5.32 Å². The molecule has 0 aliphatic carbocycles. The third-order valence-electron chi connectivity index (χ3n) is 2.46. The number of anilines is 1. The van der Waals surface area contributed by atoms with Crippen LogP contribution in [0.2, 0.25) is 10.0 Å². The molecule has 20 heavy (non-hydrogen) atoms. The van der Waals surface area contributed by atoms with Crippen molar-refractivity contribution in [2.45, 2.75) is 19.9 Å². The number of carbonyl (C=O) groups excluding carboxylic acids is 1. The van der Waals surface area contributed by atoms with Crippen LogP contribution in [0.4, 0.5) is 14.9 Å². The number of urea groups is 1. The smallest absolute Gasteiger partial charge is 0.326 e. The summed E-state index contributed by atoms with van der Waals surface area (Å²) in [7, 11) is 0. The van der Waals surface area contributed by atoms with E-state index in [-0.39, 0.29) is 21.7 Å². The lowest BCUT2D eigenvalue weighted by Gasteiger charge is -2.18. The van der Waals surface area contributed by atoms with E-state index in [9.17, 15) is 14.0 Å². The lowest BCUT2D eigenvalue weighted by Crippen LogP contribution is -2.46. The molecule has 0 fully saturated rings. The number of amides is 2. The standard InChI is InChI=1S/C12H13Cl2FN2O3/c1-5(2)9(11(18)19)16-12(20)17-10-7(13)3-6(15)4-8(10)14/h3-5,9H,1-2H3,(H,18,19)(H2,16,17,20). The molecule has 8 heteroatoms. The number of carboxylic acid groups (broad SMARTS) is 1. The van der Waals surface area contributed by atoms with Gasteiger partial charge in [-0.3, -0.25) is 0 Å². The molecule has 0 aliphatic rings. The van der Waals surface area contributed by atoms with Crippen molar-refractivity contribution in [3.8, 4) is 0 Å². The number of aliphatic carboxylic acids is 1. The second kappa shape index (κ2) is 6.76. The Hall–Kier alpha value is -1.53. The quantitative estimate of drug-likeness (QED) is 0.795. The molecule has 1 aromatic carbocycles. The summed E-state index contributed by atoms with van der Waals surface area (Å²) in [6, 6.07) is 0.120. The Morgan fingerprint density at radius 3 is 2.15 bits per heavy atom. The predicted octanol–water partition coefficient (Wildman–Crippen LogP) is 3.36. The van der Waals surface area contributed by atoms with E-state index in [1.165, 1.54) is 0 Å². The summed E-state index contributed by atoms with van der Waals surface area (Å²) in [6.07, 6.45) is 0. The largest absolute Gasteiger partial charge is 0.480 e. The van der Waals surface area contributed by atoms with E-state index in [2.05, 4.69) is 10.6 Å². The summed E-state index contributed by atoms with van der Waals surface area (Å²) in [6.45, 7) is 3.30. The Bertz CT molecular complexity index is 514. The van der Waals surface area contributed by atoms with E-state index in [0.717, 1.165) is 12.1 Å². The third kappa shape index (κ3) is 4.25. The number of carboxylic acids is 1. The fourth-order valence-electron chi connectivity index (χ4n) is 1.47. The fraction of sp³-hybridized carbons (Fsp3) is 0.333. The van der Waals surface area contributed by atoms with Crippen LogP contribution in [0.15, 0.2) is 12.1 Å². The van der Waals surface area contributed by atoms with E-state index in [1.54, 1.807) is 13.8 Å². The minimum absolute atomic E-state index is 0.0140. The second-order valence-corrected chi connectivity index (χ2v) is 5.22. The zero-order chi connectivity index (χ0) is 15.4. The summed E-state index contributed by atoms with van der Waals surface area (Å²) < 4.78 is 13.0. The Morgan fingerprint density at radius 2 is 1.75 bits per heavy atom. The Labute approximate surface area is 125 Å². The molecule has 0 heterocycles. The van der Waals surface area contributed by atoms with Gasteiger partial charge in [-0.15, -0.1) is 0 Å². The van der Waals surface area contributed by atoms with Crippen molar-refractivity contribution in [1.29, 1.82) is 0 Å². The first-order chi connectivity index (χ1) is 9.22. The molecule has 5 nitrogen and oxygen atoms in total. The molecule has 0 radical (unpaired) electrons. The minimum Gasteiger partial charge on any atom is -0.480 e. The zero-order valence-electron chi connectivity index (χ0n) is 10.7. The van der Waals surface area contributed by atoms with E-state index in [1.807, 2.05) is 0 Å². The number of halogens is 3. The van der Waals surface area contributed by atoms with Crippen LogP contribution in [-0.2, 0) is 4.79 Å². The number of carbonyl (C=O) groups is 2. The van der Waals surface area contributed by atoms with Crippen LogP contribution in [0, 0.1) is 11.7 Å². The summed E-state index contributed by atoms with van der Waals surface area (Å²) >= 11 is 11.5. The van der Waals surface area contributed by atoms with Crippen LogP contribution in [0.25, 0.3) is 0 Å². The van der Waals surface area contributed by atoms with Gasteiger partial charge in [-0.1, -0.05) is 37.0 Å². The molecular formula is C12H13Cl2FN2O3. The highest BCUT2D eigenvalue weighted by Gasteiger charge is 2.24. The molecule has 2 amide bonds. The molecule has 0 spiro atoms. The van der Waals surface area contributed by atoms with Crippen molar-refractivity contribution in [3.05, 3.63) is 28.0 Å². The zero-order valence-corrected chi connectivity index (χ0v) is 12.2. The topological polar surface area (TPSA) is 78.4 Å². The first-order valence-electron chi connectivity index (χ1n) is 5.67. The van der Waals surface area contributed by atoms with Gasteiger partial charge in [0, 0.05) is 0 Å². The summed E-state index contributed by atoms with van der Waals surface area (Å²) in [5, 5.41) is 13.4. The van der Waals surface area contributed by atoms with Crippen molar-refractivity contribution in [2.24, 2.45) is 5.92 Å². The van der Waals surface area contributed by atoms with Gasteiger partial charge in [-0.05, 0) is 18.1 Å². The van der Waals surface area contributed by atoms with E-state index < -0.39 is 23.9 Å². The number of hydrogen-bond donors (Lipinski definition) is 3. The average molecular weight is 323 g/mol. The van der Waals surface area contributed by atoms with Gasteiger partial charge in [0.15, 0.2) is 0 Å². The lowest BCUT2D eigenvalue weighted by molar-refractivity contribution is -0.140. The van der Waals surface area contributed by atoms with Gasteiger partial charge in [-0.25, -0.2) is 14.0 Å². The van der Waals surface area contributed by atoms with Gasteiger partial charge in [0.1, 0.15) is 11.9 Å². The normalized spacial score (nSPS) is 12.1. The van der Waals surface area contributed by atoms with Gasteiger partial charge in [0.05, 0.1) is 15.7 Å². The molecule has 3 N–H and O–H groups in total. The molecule has 0 bridgehead atoms. The molecular weight excluding hydrogens is 310 g/mol. The Balaban J connectivity index is 2.84. The number of benzene rings is 1. The Kier molecular flexibility index (Phi) is 5.59. The summed E-state index contributed by atoms with van der Waals surface area (Å²) in [4.78, 5) is 22.7. The van der Waals surface area contributed by atoms with Crippen LogP contribution in [0.5, 0.6) is 0 Å². The van der Waals surface area contributed by atoms with Crippen LogP contribution in [0.1, 0.15) is 13.8 Å². The molecule has 1 unspecified atom stereocenters. The third-order valence-corrected chi connectivity index (χ3v) is 3.06. The van der Waals surface area contributed by atoms with Crippen LogP contribution in [-0.4, -0.2) is 23.1 Å². The van der Waals surface area contributed by atoms with Crippen molar-refractivity contribution < 1.29 is 19.1 Å². The molecule has 0 aromatic heterocycles. The maximum atomic E-state index is 13.0. The molecule has 0 saturated carbocycles. The van der Waals surface area contributed by atoms with Crippen LogP contribution in [0.3, 0.4) is 0 Å². The van der Waals surface area contributed by atoms with Crippen molar-refractivity contribution in [2.75, 3.05) is 5.32 Å². The summed E-state index contributed by atoms with van der Waals surface area (Å²) in [5.74, 6) is -2.11. The van der Waals surface area contributed by atoms with Gasteiger partial charge in [0.2, 0.25) is 0 Å². The van der Waals surface area contributed by atoms with Crippen LogP contribution < -0.4 is 10.6 Å². The van der Waals surface area contributed by atoms with Gasteiger partial charge in [-0.2, -0.15) is 0 Å². The molecule has 1 atom stereocenters. The number of nitrogens with one attached hydrogen (secondary N) is 2. The van der Waals surface area contributed by atoms with Crippen molar-refractivity contribution >= 4 is 40.9 Å². The lowest BCUT2D eigenvalue weighted by atomic mass is 10.1. The van der Waals surface area contributed by atoms with Crippen molar-refractivity contribution in [3.63, 3.8) is 0 Å². The molecule has 0 aliphatic heterocycles. The first kappa shape index (κ1) is 16.5. The number of rotatable bonds is 4. The number of hydrogen-bond acceptors (Lipinski definition) is 2. The Morgan fingerprint density at radius 1 is 1.25 bits per heavy atom. The fourth-order valence-corrected chi connectivity index (χ4v) is 2.02. The van der Waals surface area contributed by atoms with E-state index >= 15 is 0 Å². The summed E-state index contributed by atoms with van der Waals surface area (Å²) in [5.41, 5.74) is 0.0140. The maximum Gasteiger partial charge on any atom is 0.326 e. The molecule has 1 rings (SSSR count). The van der Waals surface area contributed by atoms with Gasteiger partial charge >= 0.3 is 12.0 Å². The van der Waals surface area contributed by atoms with Gasteiger partial charge < -0.3 is 15.7 Å². The van der Waals surface area contributed by atoms with Crippen LogP contribution >= 0.6 is 23.2 Å². The highest BCUT2D eigenvalue weighted by Crippen LogP contribution is 2.31. The van der Waals surface area contributed by atoms with E-state index in [0.29, 0.717) is 0 Å². The predicted molar refractivity (Wildman–Crippen MR) is 74.8 cm³/mol. The molecule has 1 aromatic rings. The highest BCUT2D eigenvalue weighted by molar-refractivity contribution is 6.39. The highest BCUT2D eigenvalue weighted by atomic mass is 35.5. The monoisotopic (exact) mass is 322 g/mol. The SMILES string of the molecule is CC(C)C(NC(=O)Nc1c(Cl)cc(F)cc1Cl)C(=O)O. The average Bonchev–Trinajstić information content (AvgIpc) is 2.29. The second-order valence-electron chi connectivity index (χ2n) is 4.40.